The number of aromatic nitrogens is 4. The number of benzene rings is 2. The monoisotopic (exact) mass is 750 g/mol. The maximum atomic E-state index is 13.9. The molecule has 7 rings (SSSR count). The smallest absolute Gasteiger partial charge is 0.407 e. The van der Waals surface area contributed by atoms with E-state index < -0.39 is 24.3 Å². The third kappa shape index (κ3) is 7.54. The number of piperidine rings is 1. The molecule has 14 heteroatoms. The van der Waals surface area contributed by atoms with E-state index in [4.69, 9.17) is 9.72 Å². The molecule has 290 valence electrons. The fourth-order valence-corrected chi connectivity index (χ4v) is 8.63. The Kier molecular flexibility index (Phi) is 10.7. The van der Waals surface area contributed by atoms with Gasteiger partial charge in [-0.25, -0.2) is 19.6 Å². The van der Waals surface area contributed by atoms with Crippen molar-refractivity contribution < 1.29 is 29.0 Å². The minimum atomic E-state index is -1.21. The van der Waals surface area contributed by atoms with Gasteiger partial charge in [-0.15, -0.1) is 0 Å². The van der Waals surface area contributed by atoms with E-state index >= 15 is 0 Å². The molecular formula is C41H50N8O6. The Morgan fingerprint density at radius 3 is 1.87 bits per heavy atom. The Bertz CT molecular complexity index is 2020. The Morgan fingerprint density at radius 2 is 1.31 bits per heavy atom. The van der Waals surface area contributed by atoms with Crippen LogP contribution < -0.4 is 10.6 Å². The number of rotatable bonds is 11. The van der Waals surface area contributed by atoms with Crippen molar-refractivity contribution in [2.24, 2.45) is 17.8 Å². The molecule has 2 saturated heterocycles. The number of imidazole rings is 2. The number of ether oxygens (including phenoxy) is 1. The lowest BCUT2D eigenvalue weighted by Gasteiger charge is -2.37. The first-order valence-corrected chi connectivity index (χ1v) is 19.2. The summed E-state index contributed by atoms with van der Waals surface area (Å²) in [5.74, 6) is 1.15. The van der Waals surface area contributed by atoms with Crippen LogP contribution in [0.5, 0.6) is 0 Å². The van der Waals surface area contributed by atoms with Crippen LogP contribution in [0.15, 0.2) is 60.9 Å². The molecule has 4 aromatic rings. The van der Waals surface area contributed by atoms with Crippen molar-refractivity contribution in [1.82, 2.24) is 40.4 Å². The summed E-state index contributed by atoms with van der Waals surface area (Å²) in [5, 5.41) is 14.4. The maximum Gasteiger partial charge on any atom is 0.407 e. The predicted octanol–water partition coefficient (Wildman–Crippen LogP) is 6.52. The summed E-state index contributed by atoms with van der Waals surface area (Å²) >= 11 is 0. The Balaban J connectivity index is 1.02. The Labute approximate surface area is 320 Å². The SMILES string of the molecule is COC(=O)NC(C(=O)N1C2CCC(C2)C1c1ncc(-c2ccc(-c3ccc(-c4cnc(C5CCCN5C(=O)C(NC(=O)O)C(C)C)[nH]4)cc3)cc2)[nH]1)C(C)C. The van der Waals surface area contributed by atoms with E-state index in [1.54, 1.807) is 11.1 Å². The number of likely N-dealkylation sites (tertiary alicyclic amines) is 2. The first-order valence-electron chi connectivity index (χ1n) is 19.2. The number of hydrogen-bond acceptors (Lipinski definition) is 7. The van der Waals surface area contributed by atoms with E-state index in [-0.39, 0.29) is 41.8 Å². The van der Waals surface area contributed by atoms with Crippen LogP contribution in [-0.2, 0) is 14.3 Å². The van der Waals surface area contributed by atoms with E-state index in [1.165, 1.54) is 7.11 Å². The van der Waals surface area contributed by atoms with Crippen LogP contribution in [0.2, 0.25) is 0 Å². The number of hydrogen-bond donors (Lipinski definition) is 5. The lowest BCUT2D eigenvalue weighted by Crippen LogP contribution is -2.54. The zero-order chi connectivity index (χ0) is 39.0. The molecule has 2 aromatic carbocycles. The first-order chi connectivity index (χ1) is 26.4. The summed E-state index contributed by atoms with van der Waals surface area (Å²) in [7, 11) is 1.30. The van der Waals surface area contributed by atoms with Crippen molar-refractivity contribution in [3.05, 3.63) is 72.6 Å². The van der Waals surface area contributed by atoms with Crippen molar-refractivity contribution in [3.63, 3.8) is 0 Å². The van der Waals surface area contributed by atoms with E-state index in [0.29, 0.717) is 18.3 Å². The number of methoxy groups -OCH3 is 1. The molecule has 0 spiro atoms. The van der Waals surface area contributed by atoms with E-state index in [9.17, 15) is 24.3 Å². The second-order valence-corrected chi connectivity index (χ2v) is 15.7. The summed E-state index contributed by atoms with van der Waals surface area (Å²) in [6.45, 7) is 8.06. The van der Waals surface area contributed by atoms with Gasteiger partial charge in [0, 0.05) is 12.6 Å². The average molecular weight is 751 g/mol. The molecule has 4 heterocycles. The van der Waals surface area contributed by atoms with Gasteiger partial charge < -0.3 is 40.2 Å². The highest BCUT2D eigenvalue weighted by atomic mass is 16.5. The molecule has 2 aliphatic heterocycles. The van der Waals surface area contributed by atoms with Gasteiger partial charge in [-0.1, -0.05) is 76.2 Å². The molecule has 3 fully saturated rings. The van der Waals surface area contributed by atoms with Crippen LogP contribution in [0.25, 0.3) is 33.6 Å². The Hall–Kier alpha value is -5.66. The molecule has 2 aromatic heterocycles. The van der Waals surface area contributed by atoms with Crippen LogP contribution in [0.4, 0.5) is 9.59 Å². The molecular weight excluding hydrogens is 701 g/mol. The third-order valence-corrected chi connectivity index (χ3v) is 11.5. The second kappa shape index (κ2) is 15.6. The van der Waals surface area contributed by atoms with Gasteiger partial charge in [0.05, 0.1) is 43.0 Å². The molecule has 1 saturated carbocycles. The fourth-order valence-electron chi connectivity index (χ4n) is 8.63. The van der Waals surface area contributed by atoms with Crippen molar-refractivity contribution >= 4 is 24.0 Å². The topological polar surface area (TPSA) is 186 Å². The molecule has 0 radical (unpaired) electrons. The van der Waals surface area contributed by atoms with E-state index in [2.05, 4.69) is 62.0 Å². The highest BCUT2D eigenvalue weighted by Crippen LogP contribution is 2.50. The van der Waals surface area contributed by atoms with Gasteiger partial charge in [-0.3, -0.25) is 9.59 Å². The number of nitrogens with zero attached hydrogens (tertiary/aromatic N) is 4. The number of carbonyl (C=O) groups excluding carboxylic acids is 3. The van der Waals surface area contributed by atoms with Gasteiger partial charge >= 0.3 is 12.2 Å². The lowest BCUT2D eigenvalue weighted by molar-refractivity contribution is -0.139. The van der Waals surface area contributed by atoms with Crippen molar-refractivity contribution in [3.8, 4) is 33.6 Å². The number of carboxylic acid groups (broad SMARTS) is 1. The fraction of sp³-hybridized carbons (Fsp3) is 0.463. The summed E-state index contributed by atoms with van der Waals surface area (Å²) in [6, 6.07) is 14.7. The zero-order valence-corrected chi connectivity index (χ0v) is 31.9. The molecule has 6 atom stereocenters. The molecule has 5 N–H and O–H groups in total. The average Bonchev–Trinajstić information content (AvgIpc) is 4.03. The highest BCUT2D eigenvalue weighted by molar-refractivity contribution is 5.87. The van der Waals surface area contributed by atoms with Crippen LogP contribution in [0.1, 0.15) is 83.5 Å². The van der Waals surface area contributed by atoms with Crippen LogP contribution in [-0.4, -0.2) is 90.6 Å². The van der Waals surface area contributed by atoms with Crippen LogP contribution in [0, 0.1) is 17.8 Å². The number of H-pyrrole nitrogens is 2. The number of alkyl carbamates (subject to hydrolysis) is 1. The molecule has 55 heavy (non-hydrogen) atoms. The van der Waals surface area contributed by atoms with Crippen molar-refractivity contribution in [1.29, 1.82) is 0 Å². The van der Waals surface area contributed by atoms with Crippen molar-refractivity contribution in [2.75, 3.05) is 13.7 Å². The quantitative estimate of drug-likeness (QED) is 0.115. The summed E-state index contributed by atoms with van der Waals surface area (Å²) in [5.41, 5.74) is 5.76. The molecule has 6 unspecified atom stereocenters. The standard InChI is InChI=1S/C41H50N8O6/c1-22(2)33(46-40(52)53)38(50)48-18-6-7-32(48)36-42-20-30(44-36)26-12-8-24(9-13-26)25-10-14-27(15-11-25)31-21-43-37(45-31)35-28-16-17-29(19-28)49(35)39(51)34(23(3)4)47-41(54)55-5/h8-15,20-23,28-29,32-35,46H,6-7,16-19H2,1-5H3,(H,42,44)(H,43,45)(H,47,54)(H,52,53). The number of fused-ring (bicyclic) bond motifs is 2. The molecule has 3 aliphatic rings. The number of carbonyl (C=O) groups is 4. The third-order valence-electron chi connectivity index (χ3n) is 11.5. The first kappa shape index (κ1) is 37.6. The van der Waals surface area contributed by atoms with E-state index in [0.717, 1.165) is 71.6 Å². The van der Waals surface area contributed by atoms with Gasteiger partial charge in [0.1, 0.15) is 23.7 Å². The van der Waals surface area contributed by atoms with Gasteiger partial charge in [0.2, 0.25) is 11.8 Å². The minimum absolute atomic E-state index is 0.0987. The number of aromatic amines is 2. The summed E-state index contributed by atoms with van der Waals surface area (Å²) in [4.78, 5) is 70.7. The normalized spacial score (nSPS) is 21.6. The van der Waals surface area contributed by atoms with Gasteiger partial charge in [-0.2, -0.15) is 0 Å². The lowest BCUT2D eigenvalue weighted by atomic mass is 9.95. The van der Waals surface area contributed by atoms with Crippen molar-refractivity contribution in [2.45, 2.75) is 90.0 Å². The largest absolute Gasteiger partial charge is 0.465 e. The van der Waals surface area contributed by atoms with Gasteiger partial charge in [-0.05, 0) is 72.1 Å². The highest BCUT2D eigenvalue weighted by Gasteiger charge is 2.51. The maximum absolute atomic E-state index is 13.9. The molecule has 2 bridgehead atoms. The van der Waals surface area contributed by atoms with Crippen LogP contribution in [0.3, 0.4) is 0 Å². The zero-order valence-electron chi connectivity index (χ0n) is 31.9. The van der Waals surface area contributed by atoms with Gasteiger partial charge in [0.25, 0.3) is 0 Å². The Morgan fingerprint density at radius 1 is 0.764 bits per heavy atom. The van der Waals surface area contributed by atoms with Crippen LogP contribution >= 0.6 is 0 Å². The second-order valence-electron chi connectivity index (χ2n) is 15.7. The summed E-state index contributed by atoms with van der Waals surface area (Å²) < 4.78 is 4.81. The minimum Gasteiger partial charge on any atom is -0.465 e. The van der Waals surface area contributed by atoms with Gasteiger partial charge in [0.15, 0.2) is 0 Å². The number of amides is 4. The molecule has 1 aliphatic carbocycles. The molecule has 14 nitrogen and oxygen atoms in total. The van der Waals surface area contributed by atoms with E-state index in [1.807, 2.05) is 50.9 Å². The summed E-state index contributed by atoms with van der Waals surface area (Å²) in [6.07, 6.45) is 6.26. The molecule has 4 amide bonds. The number of nitrogens with one attached hydrogen (secondary N) is 4. The predicted molar refractivity (Wildman–Crippen MR) is 205 cm³/mol.